The van der Waals surface area contributed by atoms with Gasteiger partial charge in [-0.25, -0.2) is 0 Å². The molecule has 0 bridgehead atoms. The van der Waals surface area contributed by atoms with E-state index >= 15 is 0 Å². The number of amides is 1. The van der Waals surface area contributed by atoms with Gasteiger partial charge in [-0.15, -0.1) is 0 Å². The van der Waals surface area contributed by atoms with E-state index in [9.17, 15) is 9.59 Å². The summed E-state index contributed by atoms with van der Waals surface area (Å²) in [6.45, 7) is 0.706. The zero-order chi connectivity index (χ0) is 13.8. The number of nitrogens with zero attached hydrogens (tertiary/aromatic N) is 1. The number of likely N-dealkylation sites (N-methyl/N-ethyl adjacent to an activating group) is 1. The van der Waals surface area contributed by atoms with Gasteiger partial charge in [0.25, 0.3) is 0 Å². The van der Waals surface area contributed by atoms with Gasteiger partial charge in [0.2, 0.25) is 5.91 Å². The summed E-state index contributed by atoms with van der Waals surface area (Å²) < 4.78 is 4.58. The second-order valence-electron chi connectivity index (χ2n) is 4.58. The highest BCUT2D eigenvalue weighted by atomic mass is 16.5. The quantitative estimate of drug-likeness (QED) is 0.646. The Morgan fingerprint density at radius 3 is 3.00 bits per heavy atom. The third-order valence-electron chi connectivity index (χ3n) is 3.27. The Balaban J connectivity index is 1.88. The van der Waals surface area contributed by atoms with Gasteiger partial charge in [0, 0.05) is 31.4 Å². The van der Waals surface area contributed by atoms with Crippen molar-refractivity contribution in [3.63, 3.8) is 0 Å². The van der Waals surface area contributed by atoms with E-state index in [1.54, 1.807) is 11.9 Å². The zero-order valence-corrected chi connectivity index (χ0v) is 11.2. The van der Waals surface area contributed by atoms with Crippen molar-refractivity contribution in [1.29, 1.82) is 0 Å². The molecule has 0 saturated carbocycles. The van der Waals surface area contributed by atoms with Crippen LogP contribution in [0.2, 0.25) is 0 Å². The summed E-state index contributed by atoms with van der Waals surface area (Å²) in [6, 6.07) is 5.89. The van der Waals surface area contributed by atoms with Crippen LogP contribution in [0.3, 0.4) is 0 Å². The van der Waals surface area contributed by atoms with Gasteiger partial charge in [0.1, 0.15) is 0 Å². The smallest absolute Gasteiger partial charge is 0.305 e. The molecular formula is C14H18N2O3. The lowest BCUT2D eigenvalue weighted by atomic mass is 10.1. The number of carbonyl (C=O) groups excluding carboxylic acids is 2. The highest BCUT2D eigenvalue weighted by Crippen LogP contribution is 2.29. The number of nitrogens with one attached hydrogen (secondary N) is 1. The van der Waals surface area contributed by atoms with Crippen LogP contribution < -0.4 is 10.2 Å². The molecule has 0 fully saturated rings. The first kappa shape index (κ1) is 13.4. The number of benzene rings is 1. The number of hydrogen-bond donors (Lipinski definition) is 1. The lowest BCUT2D eigenvalue weighted by molar-refractivity contribution is -0.140. The number of esters is 1. The molecular weight excluding hydrogens is 244 g/mol. The van der Waals surface area contributed by atoms with Crippen LogP contribution in [0.1, 0.15) is 18.4 Å². The number of hydrogen-bond acceptors (Lipinski definition) is 4. The fraction of sp³-hybridized carbons (Fsp3) is 0.429. The Labute approximate surface area is 112 Å². The number of methoxy groups -OCH3 is 1. The Morgan fingerprint density at radius 1 is 1.47 bits per heavy atom. The number of anilines is 2. The first-order valence-electron chi connectivity index (χ1n) is 6.32. The first-order valence-corrected chi connectivity index (χ1v) is 6.32. The fourth-order valence-electron chi connectivity index (χ4n) is 2.15. The van der Waals surface area contributed by atoms with Crippen LogP contribution >= 0.6 is 0 Å². The highest BCUT2D eigenvalue weighted by molar-refractivity contribution is 6.01. The maximum atomic E-state index is 11.6. The van der Waals surface area contributed by atoms with Crippen LogP contribution in [0, 0.1) is 0 Å². The molecule has 19 heavy (non-hydrogen) atoms. The third kappa shape index (κ3) is 3.05. The van der Waals surface area contributed by atoms with Crippen molar-refractivity contribution < 1.29 is 14.3 Å². The summed E-state index contributed by atoms with van der Waals surface area (Å²) in [6.07, 6.45) is 1.60. The van der Waals surface area contributed by atoms with E-state index in [0.29, 0.717) is 19.4 Å². The molecule has 0 unspecified atom stereocenters. The maximum Gasteiger partial charge on any atom is 0.305 e. The standard InChI is InChI=1S/C14H18N2O3/c1-16-12-6-5-11(8-10(12)9-13(16)17)15-7-3-4-14(18)19-2/h5-6,8,15H,3-4,7,9H2,1-2H3. The van der Waals surface area contributed by atoms with Crippen molar-refractivity contribution in [2.75, 3.05) is 30.9 Å². The summed E-state index contributed by atoms with van der Waals surface area (Å²) >= 11 is 0. The second-order valence-corrected chi connectivity index (χ2v) is 4.58. The second kappa shape index (κ2) is 5.73. The summed E-state index contributed by atoms with van der Waals surface area (Å²) in [5.74, 6) is -0.0687. The van der Waals surface area contributed by atoms with Gasteiger partial charge in [-0.05, 0) is 30.2 Å². The van der Waals surface area contributed by atoms with Crippen molar-refractivity contribution in [2.45, 2.75) is 19.3 Å². The molecule has 0 aliphatic carbocycles. The van der Waals surface area contributed by atoms with Crippen molar-refractivity contribution in [1.82, 2.24) is 0 Å². The monoisotopic (exact) mass is 262 g/mol. The molecule has 1 N–H and O–H groups in total. The van der Waals surface area contributed by atoms with E-state index in [1.165, 1.54) is 7.11 Å². The molecule has 0 spiro atoms. The van der Waals surface area contributed by atoms with E-state index in [4.69, 9.17) is 0 Å². The Morgan fingerprint density at radius 2 is 2.26 bits per heavy atom. The number of carbonyl (C=O) groups is 2. The Bertz CT molecular complexity index is 499. The summed E-state index contributed by atoms with van der Waals surface area (Å²) in [5, 5.41) is 3.25. The zero-order valence-electron chi connectivity index (χ0n) is 11.2. The van der Waals surface area contributed by atoms with E-state index in [-0.39, 0.29) is 11.9 Å². The van der Waals surface area contributed by atoms with Crippen LogP contribution in [0.15, 0.2) is 18.2 Å². The lowest BCUT2D eigenvalue weighted by Gasteiger charge is -2.11. The van der Waals surface area contributed by atoms with Crippen LogP contribution in [0.5, 0.6) is 0 Å². The van der Waals surface area contributed by atoms with E-state index in [0.717, 1.165) is 23.4 Å². The molecule has 1 amide bonds. The number of ether oxygens (including phenoxy) is 1. The maximum absolute atomic E-state index is 11.6. The molecule has 1 aliphatic heterocycles. The largest absolute Gasteiger partial charge is 0.469 e. The van der Waals surface area contributed by atoms with E-state index in [2.05, 4.69) is 10.1 Å². The van der Waals surface area contributed by atoms with Gasteiger partial charge in [0.15, 0.2) is 0 Å². The molecule has 0 aromatic heterocycles. The molecule has 1 aromatic rings. The number of fused-ring (bicyclic) bond motifs is 1. The molecule has 0 radical (unpaired) electrons. The molecule has 1 aromatic carbocycles. The highest BCUT2D eigenvalue weighted by Gasteiger charge is 2.23. The molecule has 2 rings (SSSR count). The Hall–Kier alpha value is -2.04. The minimum Gasteiger partial charge on any atom is -0.469 e. The molecule has 0 saturated heterocycles. The summed E-state index contributed by atoms with van der Waals surface area (Å²) in [5.41, 5.74) is 3.00. The topological polar surface area (TPSA) is 58.6 Å². The predicted molar refractivity (Wildman–Crippen MR) is 73.3 cm³/mol. The predicted octanol–water partition coefficient (Wildman–Crippen LogP) is 1.57. The van der Waals surface area contributed by atoms with Crippen molar-refractivity contribution >= 4 is 23.3 Å². The molecule has 102 valence electrons. The average Bonchev–Trinajstić information content (AvgIpc) is 2.69. The van der Waals surface area contributed by atoms with Crippen LogP contribution in [-0.2, 0) is 20.7 Å². The molecule has 0 atom stereocenters. The van der Waals surface area contributed by atoms with Gasteiger partial charge in [-0.1, -0.05) is 0 Å². The number of rotatable bonds is 5. The van der Waals surface area contributed by atoms with Crippen molar-refractivity contribution in [3.8, 4) is 0 Å². The van der Waals surface area contributed by atoms with Crippen molar-refractivity contribution in [2.24, 2.45) is 0 Å². The van der Waals surface area contributed by atoms with E-state index < -0.39 is 0 Å². The van der Waals surface area contributed by atoms with Gasteiger partial charge in [-0.2, -0.15) is 0 Å². The van der Waals surface area contributed by atoms with Crippen LogP contribution in [-0.4, -0.2) is 32.6 Å². The lowest BCUT2D eigenvalue weighted by Crippen LogP contribution is -2.20. The SMILES string of the molecule is COC(=O)CCCNc1ccc2c(c1)CC(=O)N2C. The normalized spacial score (nSPS) is 13.4. The van der Waals surface area contributed by atoms with Crippen molar-refractivity contribution in [3.05, 3.63) is 23.8 Å². The summed E-state index contributed by atoms with van der Waals surface area (Å²) in [7, 11) is 3.18. The van der Waals surface area contributed by atoms with Gasteiger partial charge < -0.3 is 15.0 Å². The van der Waals surface area contributed by atoms with E-state index in [1.807, 2.05) is 18.2 Å². The van der Waals surface area contributed by atoms with Gasteiger partial charge in [0.05, 0.1) is 13.5 Å². The first-order chi connectivity index (χ1) is 9.11. The molecule has 5 heteroatoms. The molecule has 5 nitrogen and oxygen atoms in total. The fourth-order valence-corrected chi connectivity index (χ4v) is 2.15. The summed E-state index contributed by atoms with van der Waals surface area (Å²) in [4.78, 5) is 24.2. The molecule has 1 aliphatic rings. The average molecular weight is 262 g/mol. The van der Waals surface area contributed by atoms with Crippen LogP contribution in [0.4, 0.5) is 11.4 Å². The van der Waals surface area contributed by atoms with Crippen LogP contribution in [0.25, 0.3) is 0 Å². The minimum absolute atomic E-state index is 0.123. The Kier molecular flexibility index (Phi) is 4.04. The van der Waals surface area contributed by atoms with Gasteiger partial charge >= 0.3 is 5.97 Å². The van der Waals surface area contributed by atoms with Gasteiger partial charge in [-0.3, -0.25) is 9.59 Å². The molecule has 1 heterocycles. The minimum atomic E-state index is -0.192. The third-order valence-corrected chi connectivity index (χ3v) is 3.27.